The number of benzene rings is 1. The number of amides is 1. The molecule has 5 nitrogen and oxygen atoms in total. The molecule has 1 saturated heterocycles. The third-order valence-electron chi connectivity index (χ3n) is 4.79. The van der Waals surface area contributed by atoms with E-state index < -0.39 is 5.60 Å². The Morgan fingerprint density at radius 3 is 2.71 bits per heavy atom. The van der Waals surface area contributed by atoms with Gasteiger partial charge in [-0.1, -0.05) is 29.3 Å². The van der Waals surface area contributed by atoms with Crippen LogP contribution >= 0.6 is 23.2 Å². The number of halogens is 2. The van der Waals surface area contributed by atoms with E-state index in [0.717, 1.165) is 5.56 Å². The predicted molar refractivity (Wildman–Crippen MR) is 93.2 cm³/mol. The Bertz CT molecular complexity index is 702. The van der Waals surface area contributed by atoms with Crippen molar-refractivity contribution in [1.82, 2.24) is 4.90 Å². The van der Waals surface area contributed by atoms with Crippen LogP contribution < -0.4 is 0 Å². The van der Waals surface area contributed by atoms with Gasteiger partial charge in [0, 0.05) is 30.6 Å². The molecule has 0 radical (unpaired) electrons. The predicted octanol–water partition coefficient (Wildman–Crippen LogP) is 4.19. The third-order valence-corrected chi connectivity index (χ3v) is 5.53. The van der Waals surface area contributed by atoms with Crippen molar-refractivity contribution in [2.24, 2.45) is 17.0 Å². The zero-order valence-electron chi connectivity index (χ0n) is 13.8. The highest BCUT2D eigenvalue weighted by Crippen LogP contribution is 2.63. The Hall–Kier alpha value is -1.46. The molecule has 0 spiro atoms. The summed E-state index contributed by atoms with van der Waals surface area (Å²) in [5.74, 6) is 0.247. The molecule has 0 aromatic heterocycles. The van der Waals surface area contributed by atoms with Crippen LogP contribution in [0.4, 0.5) is 4.79 Å². The van der Waals surface area contributed by atoms with Crippen LogP contribution in [-0.4, -0.2) is 41.1 Å². The first-order valence-electron chi connectivity index (χ1n) is 7.80. The van der Waals surface area contributed by atoms with Gasteiger partial charge in [0.1, 0.15) is 5.60 Å². The van der Waals surface area contributed by atoms with E-state index in [4.69, 9.17) is 33.1 Å². The second-order valence-electron chi connectivity index (χ2n) is 7.43. The number of carbonyl (C=O) groups excluding carboxylic acids is 1. The molecule has 2 fully saturated rings. The van der Waals surface area contributed by atoms with Crippen molar-refractivity contribution in [3.8, 4) is 0 Å². The molecule has 1 heterocycles. The highest BCUT2D eigenvalue weighted by molar-refractivity contribution is 6.42. The fourth-order valence-electron chi connectivity index (χ4n) is 3.73. The van der Waals surface area contributed by atoms with Gasteiger partial charge in [-0.15, -0.1) is 5.16 Å². The molecule has 1 saturated carbocycles. The van der Waals surface area contributed by atoms with Crippen LogP contribution in [0.1, 0.15) is 26.3 Å². The minimum atomic E-state index is -0.535. The molecule has 130 valence electrons. The topological polar surface area (TPSA) is 62.1 Å². The molecule has 0 bridgehead atoms. The van der Waals surface area contributed by atoms with Crippen LogP contribution in [0, 0.1) is 11.8 Å². The fraction of sp³-hybridized carbons (Fsp3) is 0.529. The first kappa shape index (κ1) is 17.4. The van der Waals surface area contributed by atoms with Crippen molar-refractivity contribution in [2.45, 2.75) is 31.8 Å². The molecule has 7 heteroatoms. The van der Waals surface area contributed by atoms with Crippen molar-refractivity contribution in [3.63, 3.8) is 0 Å². The maximum atomic E-state index is 12.4. The lowest BCUT2D eigenvalue weighted by Gasteiger charge is -2.27. The van der Waals surface area contributed by atoms with Gasteiger partial charge < -0.3 is 14.8 Å². The van der Waals surface area contributed by atoms with Crippen LogP contribution in [0.25, 0.3) is 0 Å². The number of nitrogens with zero attached hydrogens (tertiary/aromatic N) is 2. The Balaban J connectivity index is 1.86. The average Bonchev–Trinajstić information content (AvgIpc) is 2.89. The van der Waals surface area contributed by atoms with E-state index in [1.807, 2.05) is 32.9 Å². The lowest BCUT2D eigenvalue weighted by atomic mass is 9.93. The summed E-state index contributed by atoms with van der Waals surface area (Å²) in [7, 11) is 0. The number of piperidine rings is 1. The van der Waals surface area contributed by atoms with Gasteiger partial charge in [0.25, 0.3) is 0 Å². The summed E-state index contributed by atoms with van der Waals surface area (Å²) < 4.78 is 5.47. The quantitative estimate of drug-likeness (QED) is 0.482. The van der Waals surface area contributed by atoms with E-state index >= 15 is 0 Å². The second kappa shape index (κ2) is 5.81. The molecule has 2 aliphatic rings. The summed E-state index contributed by atoms with van der Waals surface area (Å²) in [6.07, 6.45) is 1.22. The van der Waals surface area contributed by atoms with E-state index in [9.17, 15) is 4.79 Å². The van der Waals surface area contributed by atoms with Gasteiger partial charge in [0.05, 0.1) is 10.0 Å². The maximum Gasteiger partial charge on any atom is 0.410 e. The average molecular weight is 371 g/mol. The summed E-state index contributed by atoms with van der Waals surface area (Å²) >= 11 is 12.2. The van der Waals surface area contributed by atoms with Crippen LogP contribution in [0.2, 0.25) is 10.0 Å². The second-order valence-corrected chi connectivity index (χ2v) is 8.24. The SMILES string of the molecule is CC(C)(C)OC(=O)N1CC2C(/C=N\O)C2(c2ccc(Cl)c(Cl)c2)C1. The van der Waals surface area contributed by atoms with E-state index in [1.165, 1.54) is 0 Å². The van der Waals surface area contributed by atoms with Crippen molar-refractivity contribution in [2.75, 3.05) is 13.1 Å². The number of fused-ring (bicyclic) bond motifs is 1. The standard InChI is InChI=1S/C17H20Cl2N2O3/c1-16(2,3)24-15(22)21-8-12-11(7-20-23)17(12,9-21)10-4-5-13(18)14(19)6-10/h4-7,11-12,23H,8-9H2,1-3H3/b20-7-. The van der Waals surface area contributed by atoms with Gasteiger partial charge in [-0.25, -0.2) is 4.79 Å². The van der Waals surface area contributed by atoms with Crippen molar-refractivity contribution >= 4 is 35.5 Å². The zero-order chi connectivity index (χ0) is 17.7. The van der Waals surface area contributed by atoms with Crippen LogP contribution in [0.3, 0.4) is 0 Å². The van der Waals surface area contributed by atoms with Gasteiger partial charge >= 0.3 is 6.09 Å². The first-order chi connectivity index (χ1) is 11.2. The highest BCUT2D eigenvalue weighted by Gasteiger charge is 2.70. The largest absolute Gasteiger partial charge is 0.444 e. The van der Waals surface area contributed by atoms with E-state index in [2.05, 4.69) is 5.16 Å². The summed E-state index contributed by atoms with van der Waals surface area (Å²) in [6, 6.07) is 5.51. The number of hydrogen-bond acceptors (Lipinski definition) is 4. The Kier molecular flexibility index (Phi) is 4.21. The molecule has 24 heavy (non-hydrogen) atoms. The molecular formula is C17H20Cl2N2O3. The number of ether oxygens (including phenoxy) is 1. The van der Waals surface area contributed by atoms with E-state index in [1.54, 1.807) is 17.2 Å². The van der Waals surface area contributed by atoms with Gasteiger partial charge in [-0.05, 0) is 44.4 Å². The van der Waals surface area contributed by atoms with Gasteiger partial charge in [0.15, 0.2) is 0 Å². The molecule has 3 unspecified atom stereocenters. The third kappa shape index (κ3) is 2.84. The van der Waals surface area contributed by atoms with E-state index in [0.29, 0.717) is 23.1 Å². The Morgan fingerprint density at radius 1 is 1.42 bits per heavy atom. The van der Waals surface area contributed by atoms with Gasteiger partial charge in [0.2, 0.25) is 0 Å². The van der Waals surface area contributed by atoms with Crippen molar-refractivity contribution < 1.29 is 14.7 Å². The summed E-state index contributed by atoms with van der Waals surface area (Å²) in [6.45, 7) is 6.60. The van der Waals surface area contributed by atoms with Crippen LogP contribution in [0.15, 0.2) is 23.4 Å². The highest BCUT2D eigenvalue weighted by atomic mass is 35.5. The molecular weight excluding hydrogens is 351 g/mol. The molecule has 3 rings (SSSR count). The maximum absolute atomic E-state index is 12.4. The number of carbonyl (C=O) groups is 1. The smallest absolute Gasteiger partial charge is 0.410 e. The molecule has 1 N–H and O–H groups in total. The number of rotatable bonds is 2. The normalized spacial score (nSPS) is 29.0. The minimum absolute atomic E-state index is 0.0680. The van der Waals surface area contributed by atoms with Crippen LogP contribution in [-0.2, 0) is 10.2 Å². The van der Waals surface area contributed by atoms with Crippen molar-refractivity contribution in [1.29, 1.82) is 0 Å². The summed E-state index contributed by atoms with van der Waals surface area (Å²) in [5, 5.41) is 13.1. The molecule has 1 aromatic carbocycles. The monoisotopic (exact) mass is 370 g/mol. The first-order valence-corrected chi connectivity index (χ1v) is 8.55. The molecule has 1 aromatic rings. The fourth-order valence-corrected chi connectivity index (χ4v) is 4.02. The van der Waals surface area contributed by atoms with Gasteiger partial charge in [-0.2, -0.15) is 0 Å². The Morgan fingerprint density at radius 2 is 2.12 bits per heavy atom. The van der Waals surface area contributed by atoms with Crippen molar-refractivity contribution in [3.05, 3.63) is 33.8 Å². The Labute approximate surface area is 151 Å². The lowest BCUT2D eigenvalue weighted by molar-refractivity contribution is 0.0266. The number of likely N-dealkylation sites (tertiary alicyclic amines) is 1. The zero-order valence-corrected chi connectivity index (χ0v) is 15.3. The number of hydrogen-bond donors (Lipinski definition) is 1. The van der Waals surface area contributed by atoms with Gasteiger partial charge in [-0.3, -0.25) is 0 Å². The van der Waals surface area contributed by atoms with Crippen LogP contribution in [0.5, 0.6) is 0 Å². The minimum Gasteiger partial charge on any atom is -0.444 e. The molecule has 3 atom stereocenters. The summed E-state index contributed by atoms with van der Waals surface area (Å²) in [4.78, 5) is 14.1. The number of oxime groups is 1. The molecule has 1 amide bonds. The molecule has 1 aliphatic carbocycles. The van der Waals surface area contributed by atoms with E-state index in [-0.39, 0.29) is 23.3 Å². The lowest BCUT2D eigenvalue weighted by Crippen LogP contribution is -2.39. The molecule has 1 aliphatic heterocycles. The summed E-state index contributed by atoms with van der Waals surface area (Å²) in [5.41, 5.74) is 0.169.